The fourth-order valence-electron chi connectivity index (χ4n) is 3.72. The van der Waals surface area contributed by atoms with Crippen LogP contribution in [0, 0.1) is 6.92 Å². The van der Waals surface area contributed by atoms with Crippen LogP contribution in [0.5, 0.6) is 0 Å². The molecule has 0 aromatic carbocycles. The van der Waals surface area contributed by atoms with Gasteiger partial charge in [0.1, 0.15) is 10.7 Å². The van der Waals surface area contributed by atoms with Crippen molar-refractivity contribution in [1.82, 2.24) is 14.6 Å². The van der Waals surface area contributed by atoms with Crippen LogP contribution in [0.15, 0.2) is 12.1 Å². The molecule has 0 radical (unpaired) electrons. The SMILES string of the molecule is Cc1cc(C(F)(F)Cl)n2nc(C(=O)Nc3sc4c(c3C(=O)OC(C)C)CCCC4)cc2n1. The monoisotopic (exact) mass is 482 g/mol. The third-order valence-corrected chi connectivity index (χ3v) is 6.42. The predicted molar refractivity (Wildman–Crippen MR) is 117 cm³/mol. The molecule has 32 heavy (non-hydrogen) atoms. The quantitative estimate of drug-likeness (QED) is 0.404. The Balaban J connectivity index is 1.71. The van der Waals surface area contributed by atoms with Gasteiger partial charge in [0.2, 0.25) is 0 Å². The Bertz CT molecular complexity index is 1220. The highest BCUT2D eigenvalue weighted by Crippen LogP contribution is 2.39. The number of ether oxygens (including phenoxy) is 1. The van der Waals surface area contributed by atoms with Gasteiger partial charge in [-0.1, -0.05) is 0 Å². The van der Waals surface area contributed by atoms with E-state index in [1.54, 1.807) is 20.8 Å². The molecule has 0 aliphatic heterocycles. The second-order valence-electron chi connectivity index (χ2n) is 7.90. The number of halogens is 3. The molecule has 3 aromatic rings. The van der Waals surface area contributed by atoms with Crippen LogP contribution < -0.4 is 5.32 Å². The number of hydrogen-bond donors (Lipinski definition) is 1. The number of anilines is 1. The van der Waals surface area contributed by atoms with Crippen LogP contribution in [0.3, 0.4) is 0 Å². The Morgan fingerprint density at radius 1 is 1.28 bits per heavy atom. The Kier molecular flexibility index (Phi) is 5.93. The first-order valence-corrected chi connectivity index (χ1v) is 11.4. The van der Waals surface area contributed by atoms with E-state index >= 15 is 0 Å². The number of thiophene rings is 1. The highest BCUT2D eigenvalue weighted by atomic mass is 35.5. The maximum absolute atomic E-state index is 13.8. The van der Waals surface area contributed by atoms with Crippen molar-refractivity contribution < 1.29 is 23.1 Å². The lowest BCUT2D eigenvalue weighted by atomic mass is 9.95. The van der Waals surface area contributed by atoms with Gasteiger partial charge < -0.3 is 10.1 Å². The van der Waals surface area contributed by atoms with Gasteiger partial charge >= 0.3 is 11.4 Å². The zero-order chi connectivity index (χ0) is 23.2. The Labute approximate surface area is 191 Å². The Morgan fingerprint density at radius 2 is 2.00 bits per heavy atom. The number of aryl methyl sites for hydroxylation is 2. The fourth-order valence-corrected chi connectivity index (χ4v) is 5.13. The molecule has 0 saturated heterocycles. The molecule has 0 spiro atoms. The summed E-state index contributed by atoms with van der Waals surface area (Å²) >= 11 is 6.54. The van der Waals surface area contributed by atoms with E-state index in [1.807, 2.05) is 0 Å². The van der Waals surface area contributed by atoms with Crippen molar-refractivity contribution in [3.63, 3.8) is 0 Å². The number of hydrogen-bond acceptors (Lipinski definition) is 6. The zero-order valence-corrected chi connectivity index (χ0v) is 19.2. The summed E-state index contributed by atoms with van der Waals surface area (Å²) < 4.78 is 33.9. The van der Waals surface area contributed by atoms with Crippen molar-refractivity contribution in [1.29, 1.82) is 0 Å². The van der Waals surface area contributed by atoms with E-state index in [4.69, 9.17) is 16.3 Å². The third-order valence-electron chi connectivity index (χ3n) is 5.02. The van der Waals surface area contributed by atoms with Gasteiger partial charge in [-0.05, 0) is 69.7 Å². The molecule has 1 aliphatic carbocycles. The van der Waals surface area contributed by atoms with Gasteiger partial charge in [-0.15, -0.1) is 11.3 Å². The summed E-state index contributed by atoms with van der Waals surface area (Å²) in [6.45, 7) is 5.05. The largest absolute Gasteiger partial charge is 0.459 e. The molecule has 7 nitrogen and oxygen atoms in total. The number of alkyl halides is 3. The summed E-state index contributed by atoms with van der Waals surface area (Å²) in [5.74, 6) is -1.14. The molecule has 1 aliphatic rings. The summed E-state index contributed by atoms with van der Waals surface area (Å²) in [6.07, 6.45) is 3.20. The molecule has 0 fully saturated rings. The first-order chi connectivity index (χ1) is 15.0. The summed E-state index contributed by atoms with van der Waals surface area (Å²) in [5, 5.41) is 3.40. The topological polar surface area (TPSA) is 85.6 Å². The van der Waals surface area contributed by atoms with Crippen LogP contribution in [-0.4, -0.2) is 32.6 Å². The van der Waals surface area contributed by atoms with Crippen molar-refractivity contribution in [3.05, 3.63) is 45.2 Å². The molecule has 0 saturated carbocycles. The molecule has 4 rings (SSSR count). The summed E-state index contributed by atoms with van der Waals surface area (Å²) in [4.78, 5) is 30.9. The number of carbonyl (C=O) groups is 2. The number of carbonyl (C=O) groups excluding carboxylic acids is 2. The molecule has 170 valence electrons. The van der Waals surface area contributed by atoms with Gasteiger partial charge in [0.15, 0.2) is 11.3 Å². The first-order valence-electron chi connectivity index (χ1n) is 10.2. The predicted octanol–water partition coefficient (Wildman–Crippen LogP) is 5.08. The molecule has 3 heterocycles. The number of nitrogens with one attached hydrogen (secondary N) is 1. The van der Waals surface area contributed by atoms with Gasteiger partial charge in [-0.2, -0.15) is 13.9 Å². The molecule has 0 atom stereocenters. The number of amides is 1. The van der Waals surface area contributed by atoms with E-state index < -0.39 is 23.0 Å². The van der Waals surface area contributed by atoms with Crippen LogP contribution >= 0.6 is 22.9 Å². The molecule has 3 aromatic heterocycles. The number of nitrogens with zero attached hydrogens (tertiary/aromatic N) is 3. The Hall–Kier alpha value is -2.59. The number of fused-ring (bicyclic) bond motifs is 2. The standard InChI is InChI=1S/C21H21ClF2N4O3S/c1-10(2)31-20(30)17-12-6-4-5-7-14(12)32-19(17)26-18(29)13-9-16-25-11(3)8-15(21(22,23)24)28(16)27-13/h8-10H,4-7H2,1-3H3,(H,26,29). The molecular weight excluding hydrogens is 462 g/mol. The minimum Gasteiger partial charge on any atom is -0.459 e. The van der Waals surface area contributed by atoms with Crippen LogP contribution in [0.1, 0.15) is 69.4 Å². The van der Waals surface area contributed by atoms with Crippen LogP contribution in [-0.2, 0) is 23.0 Å². The van der Waals surface area contributed by atoms with Crippen molar-refractivity contribution >= 4 is 45.5 Å². The van der Waals surface area contributed by atoms with Crippen LogP contribution in [0.2, 0.25) is 0 Å². The lowest BCUT2D eigenvalue weighted by molar-refractivity contribution is 0.0378. The van der Waals surface area contributed by atoms with E-state index in [0.29, 0.717) is 16.3 Å². The molecule has 1 N–H and O–H groups in total. The van der Waals surface area contributed by atoms with E-state index in [9.17, 15) is 18.4 Å². The summed E-state index contributed by atoms with van der Waals surface area (Å²) in [7, 11) is 0. The van der Waals surface area contributed by atoms with E-state index in [-0.39, 0.29) is 17.4 Å². The first kappa shape index (κ1) is 22.6. The average Bonchev–Trinajstić information content (AvgIpc) is 3.26. The average molecular weight is 483 g/mol. The normalized spacial score (nSPS) is 14.0. The van der Waals surface area contributed by atoms with E-state index in [1.165, 1.54) is 17.4 Å². The molecule has 0 unspecified atom stereocenters. The van der Waals surface area contributed by atoms with Gasteiger partial charge in [0.25, 0.3) is 5.91 Å². The molecule has 0 bridgehead atoms. The number of rotatable bonds is 5. The molecule has 1 amide bonds. The highest BCUT2D eigenvalue weighted by Gasteiger charge is 2.33. The lowest BCUT2D eigenvalue weighted by Gasteiger charge is -2.14. The Morgan fingerprint density at radius 3 is 2.69 bits per heavy atom. The van der Waals surface area contributed by atoms with Gasteiger partial charge in [-0.3, -0.25) is 4.79 Å². The molecular formula is C21H21ClF2N4O3S. The van der Waals surface area contributed by atoms with Crippen molar-refractivity contribution in [3.8, 4) is 0 Å². The smallest absolute Gasteiger partial charge is 0.364 e. The summed E-state index contributed by atoms with van der Waals surface area (Å²) in [5.41, 5.74) is 0.920. The van der Waals surface area contributed by atoms with Gasteiger partial charge in [0, 0.05) is 16.6 Å². The van der Waals surface area contributed by atoms with E-state index in [2.05, 4.69) is 15.4 Å². The maximum Gasteiger partial charge on any atom is 0.364 e. The van der Waals surface area contributed by atoms with Gasteiger partial charge in [-0.25, -0.2) is 14.3 Å². The second-order valence-corrected chi connectivity index (χ2v) is 9.48. The van der Waals surface area contributed by atoms with Crippen molar-refractivity contribution in [2.24, 2.45) is 0 Å². The van der Waals surface area contributed by atoms with Gasteiger partial charge in [0.05, 0.1) is 11.7 Å². The van der Waals surface area contributed by atoms with Crippen LogP contribution in [0.25, 0.3) is 5.65 Å². The molecule has 11 heteroatoms. The van der Waals surface area contributed by atoms with Crippen LogP contribution in [0.4, 0.5) is 13.8 Å². The maximum atomic E-state index is 13.8. The third kappa shape index (κ3) is 4.33. The second kappa shape index (κ2) is 8.40. The minimum atomic E-state index is -3.69. The highest BCUT2D eigenvalue weighted by molar-refractivity contribution is 7.17. The minimum absolute atomic E-state index is 0.0652. The number of esters is 1. The zero-order valence-electron chi connectivity index (χ0n) is 17.7. The summed E-state index contributed by atoms with van der Waals surface area (Å²) in [6, 6.07) is 2.41. The van der Waals surface area contributed by atoms with Crippen molar-refractivity contribution in [2.45, 2.75) is 57.9 Å². The van der Waals surface area contributed by atoms with Crippen molar-refractivity contribution in [2.75, 3.05) is 5.32 Å². The number of aromatic nitrogens is 3. The fraction of sp³-hybridized carbons (Fsp3) is 0.429. The lowest BCUT2D eigenvalue weighted by Crippen LogP contribution is -2.18. The van der Waals surface area contributed by atoms with E-state index in [0.717, 1.165) is 46.7 Å².